The van der Waals surface area contributed by atoms with Gasteiger partial charge in [-0.1, -0.05) is 6.58 Å². The molecule has 0 spiro atoms. The lowest BCUT2D eigenvalue weighted by atomic mass is 10.2. The lowest BCUT2D eigenvalue weighted by molar-refractivity contribution is -0.0485. The normalized spacial score (nSPS) is 26.3. The van der Waals surface area contributed by atoms with Crippen LogP contribution in [0.4, 0.5) is 0 Å². The third kappa shape index (κ3) is 2.96. The van der Waals surface area contributed by atoms with Gasteiger partial charge in [-0.15, -0.1) is 0 Å². The summed E-state index contributed by atoms with van der Waals surface area (Å²) >= 11 is 3.04. The highest BCUT2D eigenvalue weighted by molar-refractivity contribution is 9.10. The first kappa shape index (κ1) is 14.0. The van der Waals surface area contributed by atoms with Crippen LogP contribution in [0, 0.1) is 0 Å². The van der Waals surface area contributed by atoms with Gasteiger partial charge in [0.05, 0.1) is 16.8 Å². The summed E-state index contributed by atoms with van der Waals surface area (Å²) in [6.07, 6.45) is 0.905. The summed E-state index contributed by atoms with van der Waals surface area (Å²) in [5, 5.41) is 9.82. The van der Waals surface area contributed by atoms with Crippen LogP contribution >= 0.6 is 15.9 Å². The summed E-state index contributed by atoms with van der Waals surface area (Å²) in [5.41, 5.74) is -1.10. The largest absolute Gasteiger partial charge is 0.499 e. The fraction of sp³-hybridized carbons (Fsp3) is 0.455. The van der Waals surface area contributed by atoms with E-state index in [1.165, 1.54) is 17.0 Å². The molecule has 7 nitrogen and oxygen atoms in total. The maximum atomic E-state index is 11.7. The van der Waals surface area contributed by atoms with Gasteiger partial charge < -0.3 is 14.6 Å². The molecule has 1 aliphatic rings. The molecular formula is C11H13BrN2O5. The minimum absolute atomic E-state index is 0.153. The second kappa shape index (κ2) is 5.72. The Morgan fingerprint density at radius 2 is 2.42 bits per heavy atom. The minimum atomic E-state index is -0.748. The average Bonchev–Trinajstić information content (AvgIpc) is 2.72. The smallest absolute Gasteiger partial charge is 0.330 e. The Morgan fingerprint density at radius 1 is 1.68 bits per heavy atom. The Kier molecular flexibility index (Phi) is 4.23. The van der Waals surface area contributed by atoms with Crippen molar-refractivity contribution in [1.82, 2.24) is 9.55 Å². The predicted molar refractivity (Wildman–Crippen MR) is 69.7 cm³/mol. The fourth-order valence-electron chi connectivity index (χ4n) is 1.87. The SMILES string of the molecule is C=COC[C@H]1O[C@@H](n2cc(Br)c(=O)[nH]c2=O)C[C@@H]1O. The maximum Gasteiger partial charge on any atom is 0.330 e. The number of hydrogen-bond acceptors (Lipinski definition) is 5. The van der Waals surface area contributed by atoms with Crippen LogP contribution in [0.5, 0.6) is 0 Å². The Bertz CT molecular complexity index is 581. The van der Waals surface area contributed by atoms with Crippen LogP contribution in [0.1, 0.15) is 12.6 Å². The monoisotopic (exact) mass is 332 g/mol. The van der Waals surface area contributed by atoms with E-state index in [4.69, 9.17) is 9.47 Å². The van der Waals surface area contributed by atoms with Crippen molar-refractivity contribution in [3.05, 3.63) is 44.3 Å². The number of hydrogen-bond donors (Lipinski definition) is 2. The first-order valence-corrected chi connectivity index (χ1v) is 6.39. The van der Waals surface area contributed by atoms with Crippen molar-refractivity contribution in [1.29, 1.82) is 0 Å². The molecule has 1 saturated heterocycles. The number of aromatic nitrogens is 2. The molecule has 19 heavy (non-hydrogen) atoms. The average molecular weight is 333 g/mol. The van der Waals surface area contributed by atoms with Gasteiger partial charge in [0.25, 0.3) is 5.56 Å². The molecule has 8 heteroatoms. The second-order valence-corrected chi connectivity index (χ2v) is 4.93. The van der Waals surface area contributed by atoms with Gasteiger partial charge in [-0.05, 0) is 15.9 Å². The molecule has 0 saturated carbocycles. The van der Waals surface area contributed by atoms with Crippen molar-refractivity contribution >= 4 is 15.9 Å². The van der Waals surface area contributed by atoms with Crippen molar-refractivity contribution in [3.8, 4) is 0 Å². The number of H-pyrrole nitrogens is 1. The summed E-state index contributed by atoms with van der Waals surface area (Å²) in [6, 6.07) is 0. The molecule has 104 valence electrons. The molecule has 0 bridgehead atoms. The lowest BCUT2D eigenvalue weighted by Gasteiger charge is -2.15. The van der Waals surface area contributed by atoms with Gasteiger partial charge in [-0.2, -0.15) is 0 Å². The molecule has 2 heterocycles. The van der Waals surface area contributed by atoms with E-state index in [1.54, 1.807) is 0 Å². The van der Waals surface area contributed by atoms with Gasteiger partial charge in [0, 0.05) is 12.6 Å². The standard InChI is InChI=1S/C11H13BrN2O5/c1-2-18-5-8-7(15)3-9(19-8)14-4-6(12)10(16)13-11(14)17/h2,4,7-9,15H,1,3,5H2,(H,13,16,17)/t7-,8+,9+/m0/s1. The molecular weight excluding hydrogens is 320 g/mol. The summed E-state index contributed by atoms with van der Waals surface area (Å²) in [7, 11) is 0. The Morgan fingerprint density at radius 3 is 3.11 bits per heavy atom. The molecule has 3 atom stereocenters. The van der Waals surface area contributed by atoms with Gasteiger partial charge in [0.2, 0.25) is 0 Å². The zero-order chi connectivity index (χ0) is 14.0. The number of aliphatic hydroxyl groups is 1. The zero-order valence-corrected chi connectivity index (χ0v) is 11.5. The molecule has 0 unspecified atom stereocenters. The highest BCUT2D eigenvalue weighted by atomic mass is 79.9. The molecule has 0 aromatic carbocycles. The van der Waals surface area contributed by atoms with E-state index in [0.29, 0.717) is 0 Å². The van der Waals surface area contributed by atoms with Crippen LogP contribution in [-0.2, 0) is 9.47 Å². The zero-order valence-electron chi connectivity index (χ0n) is 9.91. The molecule has 0 radical (unpaired) electrons. The summed E-state index contributed by atoms with van der Waals surface area (Å²) in [4.78, 5) is 25.1. The Labute approximate surface area is 116 Å². The van der Waals surface area contributed by atoms with Crippen LogP contribution in [-0.4, -0.2) is 33.5 Å². The lowest BCUT2D eigenvalue weighted by Crippen LogP contribution is -2.32. The predicted octanol–water partition coefficient (Wildman–Crippen LogP) is 0.108. The molecule has 2 rings (SSSR count). The number of rotatable bonds is 4. The molecule has 2 N–H and O–H groups in total. The van der Waals surface area contributed by atoms with Crippen molar-refractivity contribution in [3.63, 3.8) is 0 Å². The fourth-order valence-corrected chi connectivity index (χ4v) is 2.19. The second-order valence-electron chi connectivity index (χ2n) is 4.08. The van der Waals surface area contributed by atoms with Crippen LogP contribution in [0.25, 0.3) is 0 Å². The van der Waals surface area contributed by atoms with Crippen LogP contribution in [0.3, 0.4) is 0 Å². The summed E-state index contributed by atoms with van der Waals surface area (Å²) in [5.74, 6) is 0. The first-order chi connectivity index (χ1) is 9.02. The van der Waals surface area contributed by atoms with Gasteiger partial charge in [0.1, 0.15) is 18.9 Å². The number of nitrogens with one attached hydrogen (secondary N) is 1. The van der Waals surface area contributed by atoms with Crippen LogP contribution in [0.15, 0.2) is 33.1 Å². The number of aromatic amines is 1. The topological polar surface area (TPSA) is 93.5 Å². The Hall–Kier alpha value is -1.38. The minimum Gasteiger partial charge on any atom is -0.499 e. The van der Waals surface area contributed by atoms with Crippen LogP contribution < -0.4 is 11.2 Å². The molecule has 1 aromatic heterocycles. The number of aliphatic hydroxyl groups excluding tert-OH is 1. The van der Waals surface area contributed by atoms with E-state index >= 15 is 0 Å². The van der Waals surface area contributed by atoms with E-state index in [-0.39, 0.29) is 17.5 Å². The van der Waals surface area contributed by atoms with Crippen molar-refractivity contribution in [2.75, 3.05) is 6.61 Å². The van der Waals surface area contributed by atoms with Gasteiger partial charge in [0.15, 0.2) is 0 Å². The van der Waals surface area contributed by atoms with Gasteiger partial charge in [-0.3, -0.25) is 14.3 Å². The summed E-state index contributed by atoms with van der Waals surface area (Å²) < 4.78 is 11.9. The van der Waals surface area contributed by atoms with E-state index in [9.17, 15) is 14.7 Å². The quantitative estimate of drug-likeness (QED) is 0.763. The Balaban J connectivity index is 2.20. The summed E-state index contributed by atoms with van der Waals surface area (Å²) in [6.45, 7) is 3.55. The third-order valence-electron chi connectivity index (χ3n) is 2.82. The van der Waals surface area contributed by atoms with Crippen LogP contribution in [0.2, 0.25) is 0 Å². The van der Waals surface area contributed by atoms with Gasteiger partial charge >= 0.3 is 5.69 Å². The molecule has 0 aliphatic carbocycles. The van der Waals surface area contributed by atoms with E-state index in [0.717, 1.165) is 0 Å². The van der Waals surface area contributed by atoms with E-state index in [1.807, 2.05) is 0 Å². The highest BCUT2D eigenvalue weighted by Crippen LogP contribution is 2.28. The number of ether oxygens (including phenoxy) is 2. The van der Waals surface area contributed by atoms with E-state index in [2.05, 4.69) is 27.5 Å². The van der Waals surface area contributed by atoms with Crippen molar-refractivity contribution in [2.24, 2.45) is 0 Å². The van der Waals surface area contributed by atoms with Crippen molar-refractivity contribution in [2.45, 2.75) is 24.9 Å². The highest BCUT2D eigenvalue weighted by Gasteiger charge is 2.35. The van der Waals surface area contributed by atoms with Crippen molar-refractivity contribution < 1.29 is 14.6 Å². The van der Waals surface area contributed by atoms with Gasteiger partial charge in [-0.25, -0.2) is 4.79 Å². The first-order valence-electron chi connectivity index (χ1n) is 5.60. The number of nitrogens with zero attached hydrogens (tertiary/aromatic N) is 1. The maximum absolute atomic E-state index is 11.7. The molecule has 1 fully saturated rings. The molecule has 1 aliphatic heterocycles. The number of halogens is 1. The third-order valence-corrected chi connectivity index (χ3v) is 3.38. The molecule has 0 amide bonds. The molecule has 1 aromatic rings. The van der Waals surface area contributed by atoms with E-state index < -0.39 is 29.7 Å².